The molecule has 0 bridgehead atoms. The molecular formula is C43H71N2O7+. The van der Waals surface area contributed by atoms with Crippen LogP contribution in [-0.4, -0.2) is 85.7 Å². The lowest BCUT2D eigenvalue weighted by atomic mass is 9.41. The Hall–Kier alpha value is -0.910. The van der Waals surface area contributed by atoms with Gasteiger partial charge in [-0.2, -0.15) is 0 Å². The molecule has 9 heteroatoms. The fraction of sp³-hybridized carbons (Fsp3) is 0.930. The zero-order valence-electron chi connectivity index (χ0n) is 32.5. The van der Waals surface area contributed by atoms with Crippen molar-refractivity contribution < 1.29 is 40.4 Å². The average molecular weight is 728 g/mol. The predicted octanol–water partition coefficient (Wildman–Crippen LogP) is 3.72. The van der Waals surface area contributed by atoms with E-state index in [1.165, 1.54) is 25.7 Å². The molecule has 0 aromatic carbocycles. The van der Waals surface area contributed by atoms with Gasteiger partial charge in [0.15, 0.2) is 5.78 Å². The number of ether oxygens (including phenoxy) is 1. The Labute approximate surface area is 311 Å². The Morgan fingerprint density at radius 3 is 2.48 bits per heavy atom. The standard InChI is InChI=1S/C43H70N2O7/c1-5-6-24-7-11-27-23(2)38(52-33(27)13-8-24)39(49)41(4,50)34-19-26-10-12-28-36-29(16-17-40(34,3)43(26,36)51)42(18-15-25-9-14-35(44)45-22-25)21-32(47)31(46)20-30(42)37(28)48/h23-27,29-35,38-39,45-47,49-51H,5-22,44H2,1-4H3/p+1/t23-,24-,25?,26-,27+,29-,30-,31+,32-,33+,34+,35?,38+,39+,40+,41+,42-,43+/m0/s1. The third kappa shape index (κ3) is 5.54. The van der Waals surface area contributed by atoms with Gasteiger partial charge in [0, 0.05) is 23.7 Å². The Balaban J connectivity index is 1.09. The molecule has 8 aliphatic rings. The summed E-state index contributed by atoms with van der Waals surface area (Å²) in [6, 6.07) is 0. The summed E-state index contributed by atoms with van der Waals surface area (Å²) in [5, 5.41) is 62.9. The number of nitrogens with two attached hydrogens (primary N) is 2. The number of carbonyl (C=O) groups is 1. The minimum absolute atomic E-state index is 0.0570. The van der Waals surface area contributed by atoms with Crippen LogP contribution >= 0.6 is 0 Å². The largest absolute Gasteiger partial charge is 0.390 e. The number of rotatable bonds is 8. The monoisotopic (exact) mass is 728 g/mol. The number of quaternary nitrogens is 1. The number of allylic oxidation sites excluding steroid dienone is 1. The fourth-order valence-electron chi connectivity index (χ4n) is 14.9. The molecule has 2 heterocycles. The number of aliphatic hydroxyl groups excluding tert-OH is 3. The summed E-state index contributed by atoms with van der Waals surface area (Å²) in [6.45, 7) is 9.37. The van der Waals surface area contributed by atoms with Gasteiger partial charge in [0.05, 0.1) is 42.2 Å². The number of hydrogen-bond acceptors (Lipinski definition) is 8. The Kier molecular flexibility index (Phi) is 9.96. The van der Waals surface area contributed by atoms with Crippen LogP contribution in [-0.2, 0) is 9.53 Å². The molecule has 8 rings (SSSR count). The molecule has 0 spiro atoms. The van der Waals surface area contributed by atoms with E-state index in [0.717, 1.165) is 68.6 Å². The van der Waals surface area contributed by atoms with E-state index < -0.39 is 46.4 Å². The summed E-state index contributed by atoms with van der Waals surface area (Å²) in [5.41, 5.74) is 3.84. The third-order valence-corrected chi connectivity index (χ3v) is 17.8. The van der Waals surface area contributed by atoms with Crippen molar-refractivity contribution in [1.82, 2.24) is 0 Å². The number of piperidine rings is 1. The van der Waals surface area contributed by atoms with E-state index in [4.69, 9.17) is 10.5 Å². The van der Waals surface area contributed by atoms with E-state index in [1.807, 2.05) is 0 Å². The van der Waals surface area contributed by atoms with Gasteiger partial charge in [0.25, 0.3) is 0 Å². The van der Waals surface area contributed by atoms with E-state index in [9.17, 15) is 30.3 Å². The van der Waals surface area contributed by atoms with Gasteiger partial charge >= 0.3 is 0 Å². The Morgan fingerprint density at radius 2 is 1.75 bits per heavy atom. The maximum absolute atomic E-state index is 14.8. The summed E-state index contributed by atoms with van der Waals surface area (Å²) >= 11 is 0. The van der Waals surface area contributed by atoms with Crippen LogP contribution < -0.4 is 11.1 Å². The van der Waals surface area contributed by atoms with Crippen molar-refractivity contribution in [2.24, 2.45) is 63.9 Å². The van der Waals surface area contributed by atoms with Crippen LogP contribution in [0.3, 0.4) is 0 Å². The first kappa shape index (κ1) is 38.0. The van der Waals surface area contributed by atoms with Crippen LogP contribution in [0.4, 0.5) is 0 Å². The molecular weight excluding hydrogens is 656 g/mol. The number of fused-ring (bicyclic) bond motifs is 3. The first-order valence-electron chi connectivity index (χ1n) is 21.7. The molecule has 18 atom stereocenters. The van der Waals surface area contributed by atoms with Crippen LogP contribution in [0.5, 0.6) is 0 Å². The van der Waals surface area contributed by atoms with Crippen LogP contribution in [0.15, 0.2) is 11.1 Å². The topological polar surface area (TPSA) is 170 Å². The van der Waals surface area contributed by atoms with Gasteiger partial charge in [0.1, 0.15) is 12.3 Å². The number of Topliss-reactive ketones (excluding diaryl/α,β-unsaturated/α-hetero) is 1. The maximum atomic E-state index is 14.8. The number of carbonyl (C=O) groups excluding carboxylic acids is 1. The van der Waals surface area contributed by atoms with Crippen LogP contribution in [0, 0.1) is 58.2 Å². The number of hydrogen-bond donors (Lipinski definition) is 7. The second kappa shape index (κ2) is 13.6. The van der Waals surface area contributed by atoms with Gasteiger partial charge in [-0.1, -0.05) is 40.0 Å². The van der Waals surface area contributed by atoms with Crippen molar-refractivity contribution in [3.8, 4) is 0 Å². The molecule has 0 radical (unpaired) electrons. The minimum atomic E-state index is -1.50. The van der Waals surface area contributed by atoms with Crippen molar-refractivity contribution in [1.29, 1.82) is 0 Å². The highest BCUT2D eigenvalue weighted by atomic mass is 16.5. The third-order valence-electron chi connectivity index (χ3n) is 17.8. The lowest BCUT2D eigenvalue weighted by Gasteiger charge is -2.64. The van der Waals surface area contributed by atoms with E-state index in [2.05, 4.69) is 26.1 Å². The summed E-state index contributed by atoms with van der Waals surface area (Å²) in [6.07, 6.45) is 11.6. The van der Waals surface area contributed by atoms with Crippen LogP contribution in [0.1, 0.15) is 137 Å². The van der Waals surface area contributed by atoms with E-state index in [-0.39, 0.29) is 54.1 Å². The molecule has 2 unspecified atom stereocenters. The summed E-state index contributed by atoms with van der Waals surface area (Å²) in [4.78, 5) is 14.8. The minimum Gasteiger partial charge on any atom is -0.390 e. The van der Waals surface area contributed by atoms with Crippen LogP contribution in [0.2, 0.25) is 0 Å². The Morgan fingerprint density at radius 1 is 1.00 bits per heavy atom. The molecule has 6 fully saturated rings. The molecule has 6 aliphatic carbocycles. The highest BCUT2D eigenvalue weighted by Crippen LogP contribution is 2.74. The van der Waals surface area contributed by atoms with Gasteiger partial charge in [-0.05, 0) is 142 Å². The van der Waals surface area contributed by atoms with Gasteiger partial charge in [-0.3, -0.25) is 10.5 Å². The lowest BCUT2D eigenvalue weighted by molar-refractivity contribution is -0.703. The van der Waals surface area contributed by atoms with Crippen molar-refractivity contribution in [3.05, 3.63) is 11.1 Å². The lowest BCUT2D eigenvalue weighted by Crippen LogP contribution is -2.95. The molecule has 2 aliphatic heterocycles. The molecule has 0 aromatic rings. The Bertz CT molecular complexity index is 1390. The van der Waals surface area contributed by atoms with Crippen molar-refractivity contribution in [2.45, 2.75) is 185 Å². The molecule has 2 saturated heterocycles. The number of aliphatic hydroxyl groups is 5. The van der Waals surface area contributed by atoms with Gasteiger partial charge in [-0.25, -0.2) is 0 Å². The molecule has 52 heavy (non-hydrogen) atoms. The second-order valence-corrected chi connectivity index (χ2v) is 20.2. The highest BCUT2D eigenvalue weighted by Gasteiger charge is 2.75. The fourth-order valence-corrected chi connectivity index (χ4v) is 14.9. The summed E-state index contributed by atoms with van der Waals surface area (Å²) in [5.74, 6) is 0.917. The van der Waals surface area contributed by atoms with E-state index in [0.29, 0.717) is 43.9 Å². The normalized spacial score (nSPS) is 52.0. The smallest absolute Gasteiger partial charge is 0.162 e. The van der Waals surface area contributed by atoms with E-state index >= 15 is 0 Å². The van der Waals surface area contributed by atoms with E-state index in [1.54, 1.807) is 6.92 Å². The molecule has 294 valence electrons. The first-order chi connectivity index (χ1) is 24.7. The summed E-state index contributed by atoms with van der Waals surface area (Å²) < 4.78 is 6.74. The highest BCUT2D eigenvalue weighted by molar-refractivity contribution is 6.00. The quantitative estimate of drug-likeness (QED) is 0.199. The average Bonchev–Trinajstić information content (AvgIpc) is 3.45. The van der Waals surface area contributed by atoms with Gasteiger partial charge in [-0.15, -0.1) is 0 Å². The predicted molar refractivity (Wildman–Crippen MR) is 197 cm³/mol. The molecule has 4 saturated carbocycles. The van der Waals surface area contributed by atoms with Gasteiger partial charge in [0.2, 0.25) is 0 Å². The molecule has 0 amide bonds. The van der Waals surface area contributed by atoms with Crippen molar-refractivity contribution >= 4 is 5.78 Å². The maximum Gasteiger partial charge on any atom is 0.162 e. The van der Waals surface area contributed by atoms with Crippen molar-refractivity contribution in [2.75, 3.05) is 6.54 Å². The zero-order valence-corrected chi connectivity index (χ0v) is 32.5. The van der Waals surface area contributed by atoms with Crippen molar-refractivity contribution in [3.63, 3.8) is 0 Å². The second-order valence-electron chi connectivity index (χ2n) is 20.2. The van der Waals surface area contributed by atoms with Crippen LogP contribution in [0.25, 0.3) is 0 Å². The molecule has 9 nitrogen and oxygen atoms in total. The molecule has 9 N–H and O–H groups in total. The van der Waals surface area contributed by atoms with Gasteiger partial charge < -0.3 is 35.6 Å². The molecule has 0 aromatic heterocycles. The zero-order chi connectivity index (χ0) is 37.0. The SMILES string of the molecule is CCC[C@H]1CC[C@@H]2[C@H](C)[C@H]([C@@H](O)[C@](C)(O)[C@@H]3C[C@@H]4CCC5=C6[C@H](CC[C@@]3(C)[C@]64O)[C@]3(CCC4CCC(N)[NH2+]C4)C[C@H](O)[C@H](O)C[C@H]3C5=O)O[C@@H]2CC1. The number of ketones is 1. The summed E-state index contributed by atoms with van der Waals surface area (Å²) in [7, 11) is 0. The first-order valence-corrected chi connectivity index (χ1v) is 21.7.